The molecule has 1 fully saturated rings. The van der Waals surface area contributed by atoms with E-state index in [-0.39, 0.29) is 31.2 Å². The van der Waals surface area contributed by atoms with E-state index < -0.39 is 5.60 Å². The third-order valence-electron chi connectivity index (χ3n) is 4.54. The predicted molar refractivity (Wildman–Crippen MR) is 108 cm³/mol. The number of nitrogens with zero attached hydrogens (tertiary/aromatic N) is 2. The van der Waals surface area contributed by atoms with Crippen molar-refractivity contribution in [3.05, 3.63) is 23.8 Å². The maximum absolute atomic E-state index is 12.2. The first-order chi connectivity index (χ1) is 13.8. The molecule has 0 atom stereocenters. The van der Waals surface area contributed by atoms with Crippen LogP contribution >= 0.6 is 0 Å². The van der Waals surface area contributed by atoms with Crippen LogP contribution in [0.5, 0.6) is 0 Å². The minimum absolute atomic E-state index is 0.105. The smallest absolute Gasteiger partial charge is 0.410 e. The molecule has 1 aromatic heterocycles. The van der Waals surface area contributed by atoms with Crippen LogP contribution in [0.15, 0.2) is 22.6 Å². The van der Waals surface area contributed by atoms with Crippen LogP contribution in [-0.2, 0) is 4.74 Å². The zero-order valence-electron chi connectivity index (χ0n) is 17.0. The number of carbonyl (C=O) groups excluding carboxylic acids is 2. The van der Waals surface area contributed by atoms with Gasteiger partial charge in [0.05, 0.1) is 12.2 Å². The number of benzene rings is 1. The number of aliphatic hydroxyl groups excluding tert-OH is 1. The average molecular weight is 404 g/mol. The number of aromatic nitrogens is 1. The van der Waals surface area contributed by atoms with Crippen LogP contribution in [-0.4, -0.2) is 64.9 Å². The Balaban J connectivity index is 1.62. The van der Waals surface area contributed by atoms with Gasteiger partial charge in [-0.1, -0.05) is 6.07 Å². The Morgan fingerprint density at radius 2 is 2.03 bits per heavy atom. The van der Waals surface area contributed by atoms with E-state index in [0.717, 1.165) is 12.8 Å². The van der Waals surface area contributed by atoms with Crippen LogP contribution in [0.1, 0.15) is 44.0 Å². The number of ether oxygens (including phenoxy) is 1. The maximum Gasteiger partial charge on any atom is 0.410 e. The highest BCUT2D eigenvalue weighted by Crippen LogP contribution is 2.24. The molecule has 1 aliphatic heterocycles. The van der Waals surface area contributed by atoms with E-state index in [1.807, 2.05) is 20.8 Å². The molecule has 2 aromatic rings. The normalized spacial score (nSPS) is 15.4. The summed E-state index contributed by atoms with van der Waals surface area (Å²) in [6.45, 7) is 6.77. The average Bonchev–Trinajstić information content (AvgIpc) is 3.07. The predicted octanol–water partition coefficient (Wildman–Crippen LogP) is 2.36. The summed E-state index contributed by atoms with van der Waals surface area (Å²) in [6.07, 6.45) is 1.18. The summed E-state index contributed by atoms with van der Waals surface area (Å²) in [5.41, 5.74) is 0.866. The van der Waals surface area contributed by atoms with Crippen molar-refractivity contribution in [3.63, 3.8) is 0 Å². The fraction of sp³-hybridized carbons (Fsp3) is 0.550. The highest BCUT2D eigenvalue weighted by Gasteiger charge is 2.27. The highest BCUT2D eigenvalue weighted by atomic mass is 16.6. The molecule has 9 heteroatoms. The summed E-state index contributed by atoms with van der Waals surface area (Å²) in [5.74, 6) is -0.310. The molecule has 1 aromatic carbocycles. The first-order valence-electron chi connectivity index (χ1n) is 9.80. The fourth-order valence-corrected chi connectivity index (χ4v) is 3.17. The van der Waals surface area contributed by atoms with Crippen molar-refractivity contribution in [2.24, 2.45) is 0 Å². The number of likely N-dealkylation sites (tertiary alicyclic amines) is 1. The molecule has 0 bridgehead atoms. The lowest BCUT2D eigenvalue weighted by atomic mass is 10.1. The number of nitrogens with one attached hydrogen (secondary N) is 2. The number of carbonyl (C=O) groups is 2. The molecule has 0 radical (unpaired) electrons. The number of anilines is 1. The van der Waals surface area contributed by atoms with Crippen molar-refractivity contribution in [1.82, 2.24) is 15.2 Å². The van der Waals surface area contributed by atoms with Crippen molar-refractivity contribution in [1.29, 1.82) is 0 Å². The van der Waals surface area contributed by atoms with Gasteiger partial charge in [0.1, 0.15) is 11.1 Å². The first-order valence-corrected chi connectivity index (χ1v) is 9.80. The Hall–Kier alpha value is -2.81. The number of para-hydroxylation sites is 1. The van der Waals surface area contributed by atoms with Gasteiger partial charge in [0.15, 0.2) is 5.58 Å². The largest absolute Gasteiger partial charge is 0.444 e. The van der Waals surface area contributed by atoms with Crippen LogP contribution in [0.4, 0.5) is 10.8 Å². The van der Waals surface area contributed by atoms with Gasteiger partial charge in [-0.15, -0.1) is 0 Å². The van der Waals surface area contributed by atoms with Gasteiger partial charge in [0.2, 0.25) is 0 Å². The molecule has 0 spiro atoms. The number of hydrogen-bond donors (Lipinski definition) is 3. The third kappa shape index (κ3) is 5.38. The Labute approximate surface area is 169 Å². The second kappa shape index (κ2) is 8.69. The van der Waals surface area contributed by atoms with E-state index in [0.29, 0.717) is 35.8 Å². The van der Waals surface area contributed by atoms with E-state index in [1.165, 1.54) is 0 Å². The van der Waals surface area contributed by atoms with Gasteiger partial charge in [0, 0.05) is 25.7 Å². The van der Waals surface area contributed by atoms with E-state index in [4.69, 9.17) is 14.3 Å². The van der Waals surface area contributed by atoms with Gasteiger partial charge in [-0.05, 0) is 45.7 Å². The monoisotopic (exact) mass is 404 g/mol. The standard InChI is InChI=1S/C20H28N4O5/c1-20(2,3)29-19(27)24-10-7-13(8-11-24)22-18-23-16-14(17(26)21-9-12-25)5-4-6-15(16)28-18/h4-6,13,25H,7-12H2,1-3H3,(H,21,26)(H,22,23). The number of piperidine rings is 1. The van der Waals surface area contributed by atoms with E-state index >= 15 is 0 Å². The fourth-order valence-electron chi connectivity index (χ4n) is 3.17. The SMILES string of the molecule is CC(C)(C)OC(=O)N1CCC(Nc2nc3c(C(=O)NCCO)cccc3o2)CC1. The molecule has 0 saturated carbocycles. The summed E-state index contributed by atoms with van der Waals surface area (Å²) in [4.78, 5) is 30.6. The van der Waals surface area contributed by atoms with E-state index in [9.17, 15) is 9.59 Å². The summed E-state index contributed by atoms with van der Waals surface area (Å²) in [7, 11) is 0. The molecule has 2 amide bonds. The lowest BCUT2D eigenvalue weighted by Gasteiger charge is -2.33. The quantitative estimate of drug-likeness (QED) is 0.700. The van der Waals surface area contributed by atoms with Crippen molar-refractivity contribution in [3.8, 4) is 0 Å². The molecule has 0 unspecified atom stereocenters. The zero-order valence-corrected chi connectivity index (χ0v) is 17.0. The van der Waals surface area contributed by atoms with Crippen molar-refractivity contribution < 1.29 is 23.8 Å². The van der Waals surface area contributed by atoms with Crippen LogP contribution in [0.25, 0.3) is 11.1 Å². The second-order valence-electron chi connectivity index (χ2n) is 8.04. The number of rotatable bonds is 5. The zero-order chi connectivity index (χ0) is 21.0. The highest BCUT2D eigenvalue weighted by molar-refractivity contribution is 6.04. The molecule has 29 heavy (non-hydrogen) atoms. The van der Waals surface area contributed by atoms with Gasteiger partial charge >= 0.3 is 6.09 Å². The molecule has 9 nitrogen and oxygen atoms in total. The summed E-state index contributed by atoms with van der Waals surface area (Å²) in [5, 5.41) is 14.8. The molecule has 0 aliphatic carbocycles. The Morgan fingerprint density at radius 1 is 1.31 bits per heavy atom. The minimum Gasteiger partial charge on any atom is -0.444 e. The Morgan fingerprint density at radius 3 is 2.69 bits per heavy atom. The van der Waals surface area contributed by atoms with Gasteiger partial charge in [-0.25, -0.2) is 4.79 Å². The maximum atomic E-state index is 12.2. The summed E-state index contributed by atoms with van der Waals surface area (Å²) < 4.78 is 11.2. The van der Waals surface area contributed by atoms with Gasteiger partial charge < -0.3 is 29.8 Å². The number of fused-ring (bicyclic) bond motifs is 1. The molecule has 2 heterocycles. The summed E-state index contributed by atoms with van der Waals surface area (Å²) in [6, 6.07) is 5.60. The topological polar surface area (TPSA) is 117 Å². The van der Waals surface area contributed by atoms with Crippen LogP contribution in [0.3, 0.4) is 0 Å². The number of amides is 2. The minimum atomic E-state index is -0.508. The van der Waals surface area contributed by atoms with E-state index in [1.54, 1.807) is 23.1 Å². The molecule has 1 saturated heterocycles. The molecular formula is C20H28N4O5. The van der Waals surface area contributed by atoms with Crippen molar-refractivity contribution in [2.75, 3.05) is 31.6 Å². The molecule has 3 rings (SSSR count). The second-order valence-corrected chi connectivity index (χ2v) is 8.04. The van der Waals surface area contributed by atoms with Gasteiger partial charge in [-0.3, -0.25) is 4.79 Å². The van der Waals surface area contributed by atoms with Crippen molar-refractivity contribution >= 4 is 29.1 Å². The van der Waals surface area contributed by atoms with Gasteiger partial charge in [-0.2, -0.15) is 4.98 Å². The van der Waals surface area contributed by atoms with E-state index in [2.05, 4.69) is 15.6 Å². The van der Waals surface area contributed by atoms with Crippen LogP contribution in [0, 0.1) is 0 Å². The van der Waals surface area contributed by atoms with Gasteiger partial charge in [0.25, 0.3) is 11.9 Å². The molecule has 3 N–H and O–H groups in total. The third-order valence-corrected chi connectivity index (χ3v) is 4.54. The lowest BCUT2D eigenvalue weighted by molar-refractivity contribution is 0.0210. The Bertz CT molecular complexity index is 865. The lowest BCUT2D eigenvalue weighted by Crippen LogP contribution is -2.44. The molecular weight excluding hydrogens is 376 g/mol. The number of hydrogen-bond acceptors (Lipinski definition) is 7. The van der Waals surface area contributed by atoms with Crippen LogP contribution < -0.4 is 10.6 Å². The number of aliphatic hydroxyl groups is 1. The Kier molecular flexibility index (Phi) is 6.26. The van der Waals surface area contributed by atoms with Crippen molar-refractivity contribution in [2.45, 2.75) is 45.3 Å². The molecule has 1 aliphatic rings. The van der Waals surface area contributed by atoms with Crippen LogP contribution in [0.2, 0.25) is 0 Å². The first kappa shape index (κ1) is 20.9. The molecule has 158 valence electrons. The number of oxazole rings is 1. The summed E-state index contributed by atoms with van der Waals surface area (Å²) >= 11 is 0.